The second kappa shape index (κ2) is 6.10. The van der Waals surface area contributed by atoms with Crippen LogP contribution in [-0.2, 0) is 11.3 Å². The van der Waals surface area contributed by atoms with Crippen molar-refractivity contribution >= 4 is 5.91 Å². The van der Waals surface area contributed by atoms with Crippen molar-refractivity contribution in [2.24, 2.45) is 5.41 Å². The van der Waals surface area contributed by atoms with E-state index < -0.39 is 11.6 Å². The Morgan fingerprint density at radius 3 is 2.76 bits per heavy atom. The number of carbonyl (C=O) groups is 1. The molecular weight excluding hydrogens is 274 g/mol. The van der Waals surface area contributed by atoms with Gasteiger partial charge in [0, 0.05) is 25.2 Å². The standard InChI is InChI=1S/C16H22F2N2O/c1-16(2)7-4-8-19-14(16)15(21)20(3)10-11-5-6-12(17)9-13(11)18/h5-6,9,14,19H,4,7-8,10H2,1-3H3. The summed E-state index contributed by atoms with van der Waals surface area (Å²) in [5, 5.41) is 3.25. The summed E-state index contributed by atoms with van der Waals surface area (Å²) in [6, 6.07) is 3.17. The minimum atomic E-state index is -0.620. The smallest absolute Gasteiger partial charge is 0.240 e. The van der Waals surface area contributed by atoms with Crippen molar-refractivity contribution in [2.75, 3.05) is 13.6 Å². The van der Waals surface area contributed by atoms with Crippen LogP contribution in [0.5, 0.6) is 0 Å². The van der Waals surface area contributed by atoms with Crippen molar-refractivity contribution in [1.29, 1.82) is 0 Å². The van der Waals surface area contributed by atoms with Crippen molar-refractivity contribution in [1.82, 2.24) is 10.2 Å². The van der Waals surface area contributed by atoms with Gasteiger partial charge in [0.25, 0.3) is 0 Å². The number of hydrogen-bond acceptors (Lipinski definition) is 2. The number of halogens is 2. The normalized spacial score (nSPS) is 21.1. The number of likely N-dealkylation sites (N-methyl/N-ethyl adjacent to an activating group) is 1. The molecule has 5 heteroatoms. The van der Waals surface area contributed by atoms with Crippen LogP contribution in [0.1, 0.15) is 32.3 Å². The van der Waals surface area contributed by atoms with Crippen LogP contribution >= 0.6 is 0 Å². The molecule has 2 rings (SSSR count). The molecule has 1 aromatic carbocycles. The summed E-state index contributed by atoms with van der Waals surface area (Å²) in [5.41, 5.74) is 0.200. The number of amides is 1. The second-order valence-electron chi connectivity index (χ2n) is 6.41. The highest BCUT2D eigenvalue weighted by atomic mass is 19.1. The number of piperidine rings is 1. The fourth-order valence-electron chi connectivity index (χ4n) is 2.84. The molecule has 1 aromatic rings. The number of nitrogens with zero attached hydrogens (tertiary/aromatic N) is 1. The minimum absolute atomic E-state index is 0.0524. The first-order valence-electron chi connectivity index (χ1n) is 7.23. The Balaban J connectivity index is 2.08. The van der Waals surface area contributed by atoms with Crippen molar-refractivity contribution in [3.8, 4) is 0 Å². The molecule has 0 bridgehead atoms. The van der Waals surface area contributed by atoms with E-state index in [-0.39, 0.29) is 23.9 Å². The van der Waals surface area contributed by atoms with Gasteiger partial charge in [-0.15, -0.1) is 0 Å². The Hall–Kier alpha value is -1.49. The molecule has 1 atom stereocenters. The maximum Gasteiger partial charge on any atom is 0.240 e. The Kier molecular flexibility index (Phi) is 4.61. The molecule has 0 aliphatic carbocycles. The maximum atomic E-state index is 13.7. The van der Waals surface area contributed by atoms with Crippen LogP contribution in [0.15, 0.2) is 18.2 Å². The minimum Gasteiger partial charge on any atom is -0.340 e. The number of nitrogens with one attached hydrogen (secondary N) is 1. The Bertz CT molecular complexity index is 531. The van der Waals surface area contributed by atoms with Crippen LogP contribution in [0, 0.1) is 17.0 Å². The third-order valence-electron chi connectivity index (χ3n) is 4.17. The van der Waals surface area contributed by atoms with E-state index in [0.717, 1.165) is 25.5 Å². The lowest BCUT2D eigenvalue weighted by molar-refractivity contribution is -0.136. The zero-order chi connectivity index (χ0) is 15.6. The highest BCUT2D eigenvalue weighted by molar-refractivity contribution is 5.82. The average Bonchev–Trinajstić information content (AvgIpc) is 2.40. The summed E-state index contributed by atoms with van der Waals surface area (Å²) in [5.74, 6) is -1.28. The van der Waals surface area contributed by atoms with E-state index in [1.165, 1.54) is 17.0 Å². The third-order valence-corrected chi connectivity index (χ3v) is 4.17. The molecular formula is C16H22F2N2O. The molecule has 1 unspecified atom stereocenters. The van der Waals surface area contributed by atoms with Gasteiger partial charge >= 0.3 is 0 Å². The summed E-state index contributed by atoms with van der Waals surface area (Å²) in [6.45, 7) is 5.08. The number of carbonyl (C=O) groups excluding carboxylic acids is 1. The van der Waals surface area contributed by atoms with Crippen molar-refractivity contribution < 1.29 is 13.6 Å². The van der Waals surface area contributed by atoms with Crippen LogP contribution in [-0.4, -0.2) is 30.4 Å². The van der Waals surface area contributed by atoms with E-state index in [2.05, 4.69) is 19.2 Å². The van der Waals surface area contributed by atoms with E-state index in [4.69, 9.17) is 0 Å². The highest BCUT2D eigenvalue weighted by Crippen LogP contribution is 2.31. The average molecular weight is 296 g/mol. The first-order chi connectivity index (χ1) is 9.81. The molecule has 1 heterocycles. The summed E-state index contributed by atoms with van der Waals surface area (Å²) in [4.78, 5) is 14.1. The van der Waals surface area contributed by atoms with Crippen LogP contribution in [0.25, 0.3) is 0 Å². The fraction of sp³-hybridized carbons (Fsp3) is 0.562. The Morgan fingerprint density at radius 2 is 2.14 bits per heavy atom. The molecule has 0 radical (unpaired) electrons. The maximum absolute atomic E-state index is 13.7. The number of rotatable bonds is 3. The van der Waals surface area contributed by atoms with Gasteiger partial charge in [0.05, 0.1) is 6.04 Å². The second-order valence-corrected chi connectivity index (χ2v) is 6.41. The molecule has 3 nitrogen and oxygen atoms in total. The number of benzene rings is 1. The quantitative estimate of drug-likeness (QED) is 0.930. The Morgan fingerprint density at radius 1 is 1.43 bits per heavy atom. The summed E-state index contributed by atoms with van der Waals surface area (Å²) < 4.78 is 26.6. The van der Waals surface area contributed by atoms with Gasteiger partial charge in [-0.1, -0.05) is 19.9 Å². The highest BCUT2D eigenvalue weighted by Gasteiger charge is 2.38. The van der Waals surface area contributed by atoms with Crippen molar-refractivity contribution in [3.05, 3.63) is 35.4 Å². The van der Waals surface area contributed by atoms with E-state index in [9.17, 15) is 13.6 Å². The molecule has 116 valence electrons. The fourth-order valence-corrected chi connectivity index (χ4v) is 2.84. The van der Waals surface area contributed by atoms with Crippen molar-refractivity contribution in [2.45, 2.75) is 39.3 Å². The van der Waals surface area contributed by atoms with Gasteiger partial charge < -0.3 is 10.2 Å². The van der Waals surface area contributed by atoms with Gasteiger partial charge in [-0.2, -0.15) is 0 Å². The van der Waals surface area contributed by atoms with Gasteiger partial charge in [-0.05, 0) is 30.9 Å². The van der Waals surface area contributed by atoms with Gasteiger partial charge in [-0.25, -0.2) is 8.78 Å². The summed E-state index contributed by atoms with van der Waals surface area (Å²) in [6.07, 6.45) is 2.03. The lowest BCUT2D eigenvalue weighted by atomic mass is 9.77. The van der Waals surface area contributed by atoms with Gasteiger partial charge in [0.15, 0.2) is 0 Å². The number of hydrogen-bond donors (Lipinski definition) is 1. The molecule has 1 aliphatic rings. The molecule has 1 N–H and O–H groups in total. The van der Waals surface area contributed by atoms with Gasteiger partial charge in [0.1, 0.15) is 11.6 Å². The van der Waals surface area contributed by atoms with E-state index >= 15 is 0 Å². The predicted molar refractivity (Wildman–Crippen MR) is 77.6 cm³/mol. The molecule has 21 heavy (non-hydrogen) atoms. The molecule has 0 saturated carbocycles. The van der Waals surface area contributed by atoms with Gasteiger partial charge in [-0.3, -0.25) is 4.79 Å². The monoisotopic (exact) mass is 296 g/mol. The lowest BCUT2D eigenvalue weighted by Crippen LogP contribution is -2.55. The van der Waals surface area contributed by atoms with Gasteiger partial charge in [0.2, 0.25) is 5.91 Å². The van der Waals surface area contributed by atoms with E-state index in [1.807, 2.05) is 0 Å². The van der Waals surface area contributed by atoms with E-state index in [0.29, 0.717) is 5.56 Å². The molecule has 0 spiro atoms. The molecule has 1 fully saturated rings. The molecule has 0 aromatic heterocycles. The first kappa shape index (κ1) is 15.9. The third kappa shape index (κ3) is 3.59. The molecule has 1 amide bonds. The van der Waals surface area contributed by atoms with Crippen LogP contribution in [0.4, 0.5) is 8.78 Å². The molecule has 1 saturated heterocycles. The van der Waals surface area contributed by atoms with Crippen LogP contribution in [0.3, 0.4) is 0 Å². The zero-order valence-corrected chi connectivity index (χ0v) is 12.7. The Labute approximate surface area is 124 Å². The largest absolute Gasteiger partial charge is 0.340 e. The zero-order valence-electron chi connectivity index (χ0n) is 12.7. The van der Waals surface area contributed by atoms with Crippen LogP contribution in [0.2, 0.25) is 0 Å². The van der Waals surface area contributed by atoms with E-state index in [1.54, 1.807) is 7.05 Å². The topological polar surface area (TPSA) is 32.3 Å². The van der Waals surface area contributed by atoms with Crippen molar-refractivity contribution in [3.63, 3.8) is 0 Å². The molecule has 1 aliphatic heterocycles. The lowest BCUT2D eigenvalue weighted by Gasteiger charge is -2.40. The summed E-state index contributed by atoms with van der Waals surface area (Å²) in [7, 11) is 1.65. The van der Waals surface area contributed by atoms with Crippen LogP contribution < -0.4 is 5.32 Å². The summed E-state index contributed by atoms with van der Waals surface area (Å²) >= 11 is 0. The predicted octanol–water partition coefficient (Wildman–Crippen LogP) is 2.70. The first-order valence-corrected chi connectivity index (χ1v) is 7.23. The SMILES string of the molecule is CN(Cc1ccc(F)cc1F)C(=O)C1NCCCC1(C)C.